The van der Waals surface area contributed by atoms with Crippen LogP contribution in [-0.2, 0) is 9.59 Å². The molecule has 2 atom stereocenters. The average molecular weight is 289 g/mol. The Bertz CT molecular complexity index is 553. The number of hydrogen-bond acceptors (Lipinski definition) is 3. The van der Waals surface area contributed by atoms with Gasteiger partial charge in [0, 0.05) is 5.56 Å². The van der Waals surface area contributed by atoms with Gasteiger partial charge in [0.2, 0.25) is 5.91 Å². The first-order valence-corrected chi connectivity index (χ1v) is 6.99. The lowest BCUT2D eigenvalue weighted by molar-refractivity contribution is -0.142. The first-order chi connectivity index (χ1) is 10.1. The lowest BCUT2D eigenvalue weighted by Gasteiger charge is -2.26. The summed E-state index contributed by atoms with van der Waals surface area (Å²) in [5, 5.41) is 11.8. The number of carbonyl (C=O) groups is 2. The summed E-state index contributed by atoms with van der Waals surface area (Å²) in [5.41, 5.74) is 0.816. The normalized spacial score (nSPS) is 18.6. The number of hydrogen-bond donors (Lipinski definition) is 2. The molecule has 2 unspecified atom stereocenters. The molecule has 1 aliphatic rings. The quantitative estimate of drug-likeness (QED) is 0.814. The van der Waals surface area contributed by atoms with E-state index in [1.807, 2.05) is 31.2 Å². The minimum Gasteiger partial charge on any atom is -0.493 e. The molecular weight excluding hydrogens is 270 g/mol. The Hall–Kier alpha value is -2.30. The van der Waals surface area contributed by atoms with Crippen molar-refractivity contribution in [1.29, 1.82) is 0 Å². The van der Waals surface area contributed by atoms with Crippen molar-refractivity contribution in [3.05, 3.63) is 42.0 Å². The van der Waals surface area contributed by atoms with Crippen LogP contribution in [0.5, 0.6) is 5.75 Å². The van der Waals surface area contributed by atoms with Gasteiger partial charge in [0.15, 0.2) is 0 Å². The zero-order valence-corrected chi connectivity index (χ0v) is 11.9. The Morgan fingerprint density at radius 2 is 2.24 bits per heavy atom. The van der Waals surface area contributed by atoms with Gasteiger partial charge in [-0.1, -0.05) is 30.4 Å². The number of nitrogens with one attached hydrogen (secondary N) is 1. The molecule has 0 bridgehead atoms. The van der Waals surface area contributed by atoms with Crippen molar-refractivity contribution in [1.82, 2.24) is 5.32 Å². The third-order valence-electron chi connectivity index (χ3n) is 3.50. The molecule has 1 aliphatic heterocycles. The maximum Gasteiger partial charge on any atom is 0.326 e. The van der Waals surface area contributed by atoms with E-state index in [-0.39, 0.29) is 18.2 Å². The van der Waals surface area contributed by atoms with Gasteiger partial charge in [-0.2, -0.15) is 0 Å². The van der Waals surface area contributed by atoms with Crippen LogP contribution in [0, 0.1) is 0 Å². The fourth-order valence-electron chi connectivity index (χ4n) is 2.38. The molecule has 0 spiro atoms. The summed E-state index contributed by atoms with van der Waals surface area (Å²) >= 11 is 0. The highest BCUT2D eigenvalue weighted by Gasteiger charge is 2.30. The Morgan fingerprint density at radius 3 is 2.95 bits per heavy atom. The van der Waals surface area contributed by atoms with Crippen LogP contribution < -0.4 is 10.1 Å². The van der Waals surface area contributed by atoms with Crippen LogP contribution in [0.2, 0.25) is 0 Å². The second-order valence-electron chi connectivity index (χ2n) is 4.93. The molecule has 0 saturated carbocycles. The van der Waals surface area contributed by atoms with Gasteiger partial charge in [-0.25, -0.2) is 4.79 Å². The molecule has 2 rings (SSSR count). The fourth-order valence-corrected chi connectivity index (χ4v) is 2.38. The number of fused-ring (bicyclic) bond motifs is 1. The fraction of sp³-hybridized carbons (Fsp3) is 0.375. The summed E-state index contributed by atoms with van der Waals surface area (Å²) in [4.78, 5) is 23.6. The number of aliphatic carboxylic acids is 1. The van der Waals surface area contributed by atoms with Crippen molar-refractivity contribution in [2.75, 3.05) is 6.61 Å². The summed E-state index contributed by atoms with van der Waals surface area (Å²) in [6.45, 7) is 2.27. The first kappa shape index (κ1) is 15.1. The minimum atomic E-state index is -1.03. The highest BCUT2D eigenvalue weighted by atomic mass is 16.5. The predicted molar refractivity (Wildman–Crippen MR) is 78.3 cm³/mol. The number of carboxylic acids is 1. The molecule has 1 heterocycles. The molecule has 0 aromatic heterocycles. The summed E-state index contributed by atoms with van der Waals surface area (Å²) < 4.78 is 5.51. The van der Waals surface area contributed by atoms with Crippen LogP contribution in [0.1, 0.15) is 31.2 Å². The smallest absolute Gasteiger partial charge is 0.326 e. The second-order valence-corrected chi connectivity index (χ2v) is 4.93. The van der Waals surface area contributed by atoms with Crippen LogP contribution in [-0.4, -0.2) is 29.6 Å². The Labute approximate surface area is 123 Å². The molecule has 5 nitrogen and oxygen atoms in total. The summed E-state index contributed by atoms with van der Waals surface area (Å²) in [6, 6.07) is 6.47. The van der Waals surface area contributed by atoms with E-state index in [0.717, 1.165) is 5.56 Å². The lowest BCUT2D eigenvalue weighted by Crippen LogP contribution is -2.43. The molecule has 1 aromatic carbocycles. The number of carboxylic acid groups (broad SMARTS) is 1. The number of rotatable bonds is 5. The summed E-state index contributed by atoms with van der Waals surface area (Å²) in [7, 11) is 0. The third kappa shape index (κ3) is 3.62. The second kappa shape index (κ2) is 6.92. The summed E-state index contributed by atoms with van der Waals surface area (Å²) in [5.74, 6) is -0.948. The van der Waals surface area contributed by atoms with E-state index >= 15 is 0 Å². The zero-order valence-electron chi connectivity index (χ0n) is 11.9. The first-order valence-electron chi connectivity index (χ1n) is 6.99. The van der Waals surface area contributed by atoms with Gasteiger partial charge in [0.25, 0.3) is 0 Å². The molecule has 5 heteroatoms. The van der Waals surface area contributed by atoms with E-state index < -0.39 is 12.0 Å². The van der Waals surface area contributed by atoms with Crippen LogP contribution in [0.25, 0.3) is 0 Å². The molecule has 112 valence electrons. The van der Waals surface area contributed by atoms with Crippen LogP contribution in [0.3, 0.4) is 0 Å². The van der Waals surface area contributed by atoms with Gasteiger partial charge in [-0.3, -0.25) is 4.79 Å². The lowest BCUT2D eigenvalue weighted by atomic mass is 9.92. The van der Waals surface area contributed by atoms with E-state index in [0.29, 0.717) is 18.8 Å². The number of ether oxygens (including phenoxy) is 1. The third-order valence-corrected chi connectivity index (χ3v) is 3.50. The van der Waals surface area contributed by atoms with Crippen molar-refractivity contribution in [3.63, 3.8) is 0 Å². The van der Waals surface area contributed by atoms with E-state index in [9.17, 15) is 9.59 Å². The highest BCUT2D eigenvalue weighted by molar-refractivity contribution is 5.88. The van der Waals surface area contributed by atoms with Crippen molar-refractivity contribution >= 4 is 11.9 Å². The monoisotopic (exact) mass is 289 g/mol. The molecule has 0 aliphatic carbocycles. The van der Waals surface area contributed by atoms with Gasteiger partial charge in [0.1, 0.15) is 11.8 Å². The average Bonchev–Trinajstić information content (AvgIpc) is 2.50. The molecule has 0 radical (unpaired) electrons. The molecule has 1 aromatic rings. The van der Waals surface area contributed by atoms with Crippen molar-refractivity contribution in [2.45, 2.75) is 31.7 Å². The number of para-hydroxylation sites is 1. The molecular formula is C16H19NO4. The maximum absolute atomic E-state index is 12.4. The largest absolute Gasteiger partial charge is 0.493 e. The number of amides is 1. The van der Waals surface area contributed by atoms with E-state index in [4.69, 9.17) is 9.84 Å². The summed E-state index contributed by atoms with van der Waals surface area (Å²) in [6.07, 6.45) is 4.34. The van der Waals surface area contributed by atoms with Crippen molar-refractivity contribution in [2.24, 2.45) is 0 Å². The van der Waals surface area contributed by atoms with E-state index in [2.05, 4.69) is 5.32 Å². The topological polar surface area (TPSA) is 75.6 Å². The number of benzene rings is 1. The van der Waals surface area contributed by atoms with Gasteiger partial charge >= 0.3 is 5.97 Å². The Balaban J connectivity index is 2.11. The Kier molecular flexibility index (Phi) is 4.98. The van der Waals surface area contributed by atoms with Gasteiger partial charge < -0.3 is 15.2 Å². The zero-order chi connectivity index (χ0) is 15.2. The molecule has 21 heavy (non-hydrogen) atoms. The maximum atomic E-state index is 12.4. The standard InChI is InChI=1S/C16H19NO4/c1-2-3-7-13(16(19)20)17-15(18)12-9-10-21-14-8-5-4-6-11(12)14/h2-6,8,12-13H,7,9-10H2,1H3,(H,17,18)(H,19,20)/b3-2+. The molecule has 0 saturated heterocycles. The van der Waals surface area contributed by atoms with E-state index in [1.54, 1.807) is 12.2 Å². The SMILES string of the molecule is C/C=C/CC(NC(=O)C1CCOc2ccccc21)C(=O)O. The molecule has 1 amide bonds. The van der Waals surface area contributed by atoms with Gasteiger partial charge in [0.05, 0.1) is 12.5 Å². The van der Waals surface area contributed by atoms with Crippen LogP contribution in [0.15, 0.2) is 36.4 Å². The van der Waals surface area contributed by atoms with Crippen molar-refractivity contribution < 1.29 is 19.4 Å². The van der Waals surface area contributed by atoms with Crippen LogP contribution >= 0.6 is 0 Å². The molecule has 0 fully saturated rings. The Morgan fingerprint density at radius 1 is 1.48 bits per heavy atom. The van der Waals surface area contributed by atoms with Crippen LogP contribution in [0.4, 0.5) is 0 Å². The highest BCUT2D eigenvalue weighted by Crippen LogP contribution is 2.33. The minimum absolute atomic E-state index is 0.261. The predicted octanol–water partition coefficient (Wildman–Crippen LogP) is 2.09. The van der Waals surface area contributed by atoms with Gasteiger partial charge in [-0.15, -0.1) is 0 Å². The van der Waals surface area contributed by atoms with Crippen molar-refractivity contribution in [3.8, 4) is 5.75 Å². The number of allylic oxidation sites excluding steroid dienone is 1. The molecule has 2 N–H and O–H groups in total. The number of carbonyl (C=O) groups excluding carboxylic acids is 1. The van der Waals surface area contributed by atoms with Gasteiger partial charge in [-0.05, 0) is 25.8 Å². The van der Waals surface area contributed by atoms with E-state index in [1.165, 1.54) is 0 Å².